The summed E-state index contributed by atoms with van der Waals surface area (Å²) in [6.45, 7) is 6.02. The van der Waals surface area contributed by atoms with Gasteiger partial charge in [-0.2, -0.15) is 0 Å². The molecule has 0 aliphatic heterocycles. The van der Waals surface area contributed by atoms with Gasteiger partial charge in [0.1, 0.15) is 10.7 Å². The minimum atomic E-state index is -0.513. The molecular formula is C37H36BrN3O5S2. The van der Waals surface area contributed by atoms with Crippen LogP contribution in [0.15, 0.2) is 93.9 Å². The SMILES string of the molecule is CCOC(=O)c1c(NC(=O)C(C)Sc2cccc(NC(=O)/C(=C\c3cccc(Br)c3)NC(=O)c3ccccc3)c2)sc2c1CCC(C)C2. The second kappa shape index (κ2) is 16.3. The molecule has 0 saturated carbocycles. The third-order valence-electron chi connectivity index (χ3n) is 7.69. The van der Waals surface area contributed by atoms with E-state index in [9.17, 15) is 19.2 Å². The van der Waals surface area contributed by atoms with Crippen molar-refractivity contribution in [1.82, 2.24) is 5.32 Å². The Morgan fingerprint density at radius 2 is 1.79 bits per heavy atom. The summed E-state index contributed by atoms with van der Waals surface area (Å²) in [6.07, 6.45) is 4.26. The number of ether oxygens (including phenoxy) is 1. The standard InChI is InChI=1S/C37H36BrN3O5S2/c1-4-46-37(45)32-29-17-16-22(2)18-31(29)48-36(32)41-33(42)23(3)47-28-15-9-14-27(21-28)39-35(44)30(20-24-10-8-13-26(38)19-24)40-34(43)25-11-6-5-7-12-25/h5-15,19-23H,4,16-18H2,1-3H3,(H,39,44)(H,40,43)(H,41,42)/b30-20+. The first-order valence-electron chi connectivity index (χ1n) is 15.7. The van der Waals surface area contributed by atoms with Crippen LogP contribution in [0, 0.1) is 5.92 Å². The molecule has 1 aliphatic carbocycles. The third-order valence-corrected chi connectivity index (χ3v) is 10.4. The van der Waals surface area contributed by atoms with Gasteiger partial charge in [0.15, 0.2) is 0 Å². The Labute approximate surface area is 296 Å². The van der Waals surface area contributed by atoms with Gasteiger partial charge in [0, 0.05) is 25.5 Å². The van der Waals surface area contributed by atoms with Crippen LogP contribution in [0.5, 0.6) is 0 Å². The fourth-order valence-electron chi connectivity index (χ4n) is 5.28. The number of fused-ring (bicyclic) bond motifs is 1. The van der Waals surface area contributed by atoms with Gasteiger partial charge in [-0.25, -0.2) is 4.79 Å². The number of hydrogen-bond acceptors (Lipinski definition) is 7. The Hall–Kier alpha value is -4.19. The smallest absolute Gasteiger partial charge is 0.341 e. The van der Waals surface area contributed by atoms with Crippen molar-refractivity contribution >= 4 is 79.5 Å². The van der Waals surface area contributed by atoms with E-state index in [1.807, 2.05) is 36.4 Å². The predicted octanol–water partition coefficient (Wildman–Crippen LogP) is 8.34. The number of nitrogens with one attached hydrogen (secondary N) is 3. The summed E-state index contributed by atoms with van der Waals surface area (Å²) in [5.41, 5.74) is 3.17. The summed E-state index contributed by atoms with van der Waals surface area (Å²) < 4.78 is 6.18. The number of carbonyl (C=O) groups is 4. The molecule has 3 N–H and O–H groups in total. The first-order chi connectivity index (χ1) is 23.1. The van der Waals surface area contributed by atoms with Crippen LogP contribution in [-0.4, -0.2) is 35.5 Å². The number of benzene rings is 3. The largest absolute Gasteiger partial charge is 0.462 e. The van der Waals surface area contributed by atoms with E-state index < -0.39 is 23.0 Å². The van der Waals surface area contributed by atoms with E-state index in [1.54, 1.807) is 62.4 Å². The lowest BCUT2D eigenvalue weighted by Crippen LogP contribution is -2.30. The van der Waals surface area contributed by atoms with Crippen LogP contribution in [0.25, 0.3) is 6.08 Å². The molecule has 5 rings (SSSR count). The highest BCUT2D eigenvalue weighted by atomic mass is 79.9. The first kappa shape index (κ1) is 35.1. The normalized spacial score (nSPS) is 14.8. The van der Waals surface area contributed by atoms with Gasteiger partial charge in [-0.1, -0.05) is 59.3 Å². The van der Waals surface area contributed by atoms with Gasteiger partial charge in [-0.3, -0.25) is 14.4 Å². The van der Waals surface area contributed by atoms with E-state index in [0.29, 0.717) is 27.7 Å². The summed E-state index contributed by atoms with van der Waals surface area (Å²) in [5, 5.41) is 8.66. The van der Waals surface area contributed by atoms with Gasteiger partial charge in [-0.15, -0.1) is 23.1 Å². The number of amides is 3. The number of halogens is 1. The second-order valence-corrected chi connectivity index (χ2v) is 14.9. The molecule has 248 valence electrons. The van der Waals surface area contributed by atoms with Crippen LogP contribution in [0.4, 0.5) is 10.7 Å². The van der Waals surface area contributed by atoms with Crippen LogP contribution in [0.2, 0.25) is 0 Å². The van der Waals surface area contributed by atoms with E-state index in [4.69, 9.17) is 4.74 Å². The van der Waals surface area contributed by atoms with Gasteiger partial charge in [-0.05, 0) is 98.7 Å². The Morgan fingerprint density at radius 3 is 2.54 bits per heavy atom. The number of hydrogen-bond donors (Lipinski definition) is 3. The minimum absolute atomic E-state index is 0.0678. The first-order valence-corrected chi connectivity index (χ1v) is 18.1. The quantitative estimate of drug-likeness (QED) is 0.0809. The van der Waals surface area contributed by atoms with Crippen LogP contribution in [0.1, 0.15) is 63.9 Å². The Morgan fingerprint density at radius 1 is 1.02 bits per heavy atom. The van der Waals surface area contributed by atoms with Crippen molar-refractivity contribution in [2.24, 2.45) is 5.92 Å². The molecule has 2 unspecified atom stereocenters. The van der Waals surface area contributed by atoms with E-state index in [1.165, 1.54) is 23.1 Å². The van der Waals surface area contributed by atoms with Gasteiger partial charge in [0.25, 0.3) is 11.8 Å². The van der Waals surface area contributed by atoms with Gasteiger partial charge >= 0.3 is 5.97 Å². The molecule has 3 amide bonds. The Balaban J connectivity index is 1.29. The highest BCUT2D eigenvalue weighted by Crippen LogP contribution is 2.40. The molecule has 3 aromatic carbocycles. The van der Waals surface area contributed by atoms with Crippen molar-refractivity contribution < 1.29 is 23.9 Å². The topological polar surface area (TPSA) is 114 Å². The molecule has 48 heavy (non-hydrogen) atoms. The van der Waals surface area contributed by atoms with Crippen LogP contribution in [0.3, 0.4) is 0 Å². The molecule has 4 aromatic rings. The molecule has 0 fully saturated rings. The van der Waals surface area contributed by atoms with Gasteiger partial charge < -0.3 is 20.7 Å². The van der Waals surface area contributed by atoms with E-state index in [-0.39, 0.29) is 18.2 Å². The lowest BCUT2D eigenvalue weighted by Gasteiger charge is -2.18. The Bertz CT molecular complexity index is 1860. The zero-order valence-electron chi connectivity index (χ0n) is 26.8. The fraction of sp³-hybridized carbons (Fsp3) is 0.243. The third kappa shape index (κ3) is 9.03. The summed E-state index contributed by atoms with van der Waals surface area (Å²) in [4.78, 5) is 54.7. The van der Waals surface area contributed by atoms with Crippen LogP contribution in [-0.2, 0) is 27.2 Å². The molecule has 1 heterocycles. The van der Waals surface area contributed by atoms with Crippen LogP contribution < -0.4 is 16.0 Å². The predicted molar refractivity (Wildman–Crippen MR) is 197 cm³/mol. The van der Waals surface area contributed by atoms with Gasteiger partial charge in [0.2, 0.25) is 5.91 Å². The summed E-state index contributed by atoms with van der Waals surface area (Å²) >= 11 is 6.24. The van der Waals surface area contributed by atoms with Crippen molar-refractivity contribution in [3.8, 4) is 0 Å². The van der Waals surface area contributed by atoms with E-state index in [0.717, 1.165) is 44.6 Å². The molecule has 0 bridgehead atoms. The lowest BCUT2D eigenvalue weighted by molar-refractivity contribution is -0.115. The molecule has 0 spiro atoms. The lowest BCUT2D eigenvalue weighted by atomic mass is 9.88. The monoisotopic (exact) mass is 745 g/mol. The maximum absolute atomic E-state index is 13.5. The van der Waals surface area contributed by atoms with Crippen molar-refractivity contribution in [1.29, 1.82) is 0 Å². The van der Waals surface area contributed by atoms with Crippen molar-refractivity contribution in [2.75, 3.05) is 17.2 Å². The number of carbonyl (C=O) groups excluding carboxylic acids is 4. The van der Waals surface area contributed by atoms with Crippen molar-refractivity contribution in [2.45, 2.75) is 50.2 Å². The highest BCUT2D eigenvalue weighted by Gasteiger charge is 2.30. The number of thiophene rings is 1. The molecule has 0 saturated heterocycles. The second-order valence-electron chi connectivity index (χ2n) is 11.4. The number of anilines is 2. The summed E-state index contributed by atoms with van der Waals surface area (Å²) in [7, 11) is 0. The Kier molecular flexibility index (Phi) is 11.9. The molecule has 0 radical (unpaired) electrons. The maximum atomic E-state index is 13.5. The maximum Gasteiger partial charge on any atom is 0.341 e. The zero-order valence-corrected chi connectivity index (χ0v) is 30.0. The average molecular weight is 747 g/mol. The van der Waals surface area contributed by atoms with Crippen LogP contribution >= 0.6 is 39.0 Å². The molecule has 8 nitrogen and oxygen atoms in total. The number of rotatable bonds is 11. The summed E-state index contributed by atoms with van der Waals surface area (Å²) in [6, 6.07) is 23.2. The molecule has 2 atom stereocenters. The van der Waals surface area contributed by atoms with Gasteiger partial charge in [0.05, 0.1) is 17.4 Å². The highest BCUT2D eigenvalue weighted by molar-refractivity contribution is 9.10. The van der Waals surface area contributed by atoms with E-state index >= 15 is 0 Å². The van der Waals surface area contributed by atoms with Crippen molar-refractivity contribution in [3.63, 3.8) is 0 Å². The summed E-state index contributed by atoms with van der Waals surface area (Å²) in [5.74, 6) is -1.05. The average Bonchev–Trinajstić information content (AvgIpc) is 3.41. The fourth-order valence-corrected chi connectivity index (χ4v) is 8.03. The zero-order chi connectivity index (χ0) is 34.2. The molecular weight excluding hydrogens is 710 g/mol. The van der Waals surface area contributed by atoms with Crippen molar-refractivity contribution in [3.05, 3.63) is 116 Å². The minimum Gasteiger partial charge on any atom is -0.462 e. The number of thioether (sulfide) groups is 1. The molecule has 11 heteroatoms. The van der Waals surface area contributed by atoms with E-state index in [2.05, 4.69) is 38.8 Å². The molecule has 1 aliphatic rings. The molecule has 1 aromatic heterocycles. The number of esters is 1.